The highest BCUT2D eigenvalue weighted by molar-refractivity contribution is 6.31. The van der Waals surface area contributed by atoms with E-state index in [1.807, 2.05) is 24.3 Å². The Morgan fingerprint density at radius 3 is 2.77 bits per heavy atom. The molecule has 134 valence electrons. The Bertz CT molecular complexity index is 942. The number of aromatic nitrogens is 4. The average molecular weight is 369 g/mol. The van der Waals surface area contributed by atoms with Crippen LogP contribution in [0, 0.1) is 6.92 Å². The first-order chi connectivity index (χ1) is 12.6. The van der Waals surface area contributed by atoms with Crippen LogP contribution in [0.15, 0.2) is 48.9 Å². The number of rotatable bonds is 4. The molecule has 0 bridgehead atoms. The number of anilines is 1. The number of aryl methyl sites for hydroxylation is 1. The SMILES string of the molecule is C=C(Cc1cc(C)ccc1Cl)N1CCN(c2ccc3nncn3n2)CC1. The highest BCUT2D eigenvalue weighted by Crippen LogP contribution is 2.23. The Morgan fingerprint density at radius 1 is 1.15 bits per heavy atom. The van der Waals surface area contributed by atoms with Gasteiger partial charge >= 0.3 is 0 Å². The predicted octanol–water partition coefficient (Wildman–Crippen LogP) is 2.96. The third kappa shape index (κ3) is 3.37. The van der Waals surface area contributed by atoms with E-state index < -0.39 is 0 Å². The molecule has 0 atom stereocenters. The number of hydrogen-bond acceptors (Lipinski definition) is 5. The summed E-state index contributed by atoms with van der Waals surface area (Å²) in [6, 6.07) is 10.1. The summed E-state index contributed by atoms with van der Waals surface area (Å²) in [6.07, 6.45) is 2.41. The number of hydrogen-bond donors (Lipinski definition) is 0. The van der Waals surface area contributed by atoms with Crippen LogP contribution in [0.3, 0.4) is 0 Å². The van der Waals surface area contributed by atoms with Crippen molar-refractivity contribution in [2.45, 2.75) is 13.3 Å². The average Bonchev–Trinajstić information content (AvgIpc) is 3.12. The molecule has 3 heterocycles. The van der Waals surface area contributed by atoms with Crippen molar-refractivity contribution in [1.29, 1.82) is 0 Å². The molecule has 0 unspecified atom stereocenters. The second kappa shape index (κ2) is 6.96. The Morgan fingerprint density at radius 2 is 1.96 bits per heavy atom. The molecule has 4 rings (SSSR count). The summed E-state index contributed by atoms with van der Waals surface area (Å²) in [5.74, 6) is 0.948. The highest BCUT2D eigenvalue weighted by Gasteiger charge is 2.20. The van der Waals surface area contributed by atoms with Gasteiger partial charge in [-0.2, -0.15) is 4.52 Å². The first-order valence-electron chi connectivity index (χ1n) is 8.70. The number of halogens is 1. The summed E-state index contributed by atoms with van der Waals surface area (Å²) in [6.45, 7) is 10.0. The quantitative estimate of drug-likeness (QED) is 0.708. The maximum atomic E-state index is 6.33. The van der Waals surface area contributed by atoms with E-state index >= 15 is 0 Å². The second-order valence-electron chi connectivity index (χ2n) is 6.64. The topological polar surface area (TPSA) is 49.6 Å². The van der Waals surface area contributed by atoms with Crippen molar-refractivity contribution in [3.05, 3.63) is 65.1 Å². The minimum Gasteiger partial charge on any atom is -0.371 e. The lowest BCUT2D eigenvalue weighted by Crippen LogP contribution is -2.46. The summed E-state index contributed by atoms with van der Waals surface area (Å²) >= 11 is 6.33. The maximum absolute atomic E-state index is 6.33. The van der Waals surface area contributed by atoms with Gasteiger partial charge in [-0.15, -0.1) is 15.3 Å². The van der Waals surface area contributed by atoms with E-state index in [0.29, 0.717) is 0 Å². The van der Waals surface area contributed by atoms with Crippen molar-refractivity contribution in [3.63, 3.8) is 0 Å². The van der Waals surface area contributed by atoms with Gasteiger partial charge in [0.15, 0.2) is 5.65 Å². The number of nitrogens with zero attached hydrogens (tertiary/aromatic N) is 6. The summed E-state index contributed by atoms with van der Waals surface area (Å²) in [7, 11) is 0. The number of benzene rings is 1. The zero-order valence-electron chi connectivity index (χ0n) is 14.8. The van der Waals surface area contributed by atoms with Gasteiger partial charge in [-0.05, 0) is 30.7 Å². The summed E-state index contributed by atoms with van der Waals surface area (Å²) < 4.78 is 1.71. The summed E-state index contributed by atoms with van der Waals surface area (Å²) in [5, 5.41) is 13.3. The number of piperazine rings is 1. The molecule has 1 saturated heterocycles. The molecule has 1 aromatic carbocycles. The number of allylic oxidation sites excluding steroid dienone is 1. The summed E-state index contributed by atoms with van der Waals surface area (Å²) in [5.41, 5.74) is 4.23. The zero-order valence-corrected chi connectivity index (χ0v) is 15.5. The van der Waals surface area contributed by atoms with Crippen molar-refractivity contribution in [1.82, 2.24) is 24.7 Å². The van der Waals surface area contributed by atoms with Gasteiger partial charge in [0, 0.05) is 43.3 Å². The molecule has 7 heteroatoms. The molecule has 0 amide bonds. The van der Waals surface area contributed by atoms with Gasteiger partial charge < -0.3 is 9.80 Å². The molecule has 1 aliphatic rings. The molecule has 0 radical (unpaired) electrons. The Balaban J connectivity index is 1.39. The van der Waals surface area contributed by atoms with Crippen molar-refractivity contribution in [2.75, 3.05) is 31.1 Å². The Labute approximate surface area is 157 Å². The van der Waals surface area contributed by atoms with Crippen LogP contribution in [-0.2, 0) is 6.42 Å². The smallest absolute Gasteiger partial charge is 0.177 e. The molecule has 1 aliphatic heterocycles. The van der Waals surface area contributed by atoms with Crippen molar-refractivity contribution < 1.29 is 0 Å². The lowest BCUT2D eigenvalue weighted by atomic mass is 10.1. The van der Waals surface area contributed by atoms with Gasteiger partial charge in [-0.3, -0.25) is 0 Å². The first kappa shape index (κ1) is 16.8. The van der Waals surface area contributed by atoms with Gasteiger partial charge in [-0.1, -0.05) is 35.9 Å². The molecule has 0 aliphatic carbocycles. The second-order valence-corrected chi connectivity index (χ2v) is 7.04. The molecule has 0 N–H and O–H groups in total. The van der Waals surface area contributed by atoms with Crippen LogP contribution < -0.4 is 4.90 Å². The van der Waals surface area contributed by atoms with Crippen LogP contribution in [0.1, 0.15) is 11.1 Å². The third-order valence-electron chi connectivity index (χ3n) is 4.79. The lowest BCUT2D eigenvalue weighted by Gasteiger charge is -2.37. The van der Waals surface area contributed by atoms with Crippen molar-refractivity contribution in [3.8, 4) is 0 Å². The van der Waals surface area contributed by atoms with Gasteiger partial charge in [0.2, 0.25) is 0 Å². The van der Waals surface area contributed by atoms with Gasteiger partial charge in [0.1, 0.15) is 12.1 Å². The largest absolute Gasteiger partial charge is 0.371 e. The predicted molar refractivity (Wildman–Crippen MR) is 104 cm³/mol. The Hall–Kier alpha value is -2.60. The van der Waals surface area contributed by atoms with E-state index in [1.165, 1.54) is 5.56 Å². The molecule has 6 nitrogen and oxygen atoms in total. The van der Waals surface area contributed by atoms with E-state index in [-0.39, 0.29) is 0 Å². The van der Waals surface area contributed by atoms with Crippen molar-refractivity contribution >= 4 is 23.1 Å². The van der Waals surface area contributed by atoms with E-state index in [2.05, 4.69) is 44.7 Å². The monoisotopic (exact) mass is 368 g/mol. The first-order valence-corrected chi connectivity index (χ1v) is 9.08. The molecule has 2 aromatic heterocycles. The zero-order chi connectivity index (χ0) is 18.1. The normalized spacial score (nSPS) is 14.8. The third-order valence-corrected chi connectivity index (χ3v) is 5.16. The fourth-order valence-corrected chi connectivity index (χ4v) is 3.49. The van der Waals surface area contributed by atoms with E-state index in [9.17, 15) is 0 Å². The molecular formula is C19H21ClN6. The fraction of sp³-hybridized carbons (Fsp3) is 0.316. The molecule has 3 aromatic rings. The molecular weight excluding hydrogens is 348 g/mol. The van der Waals surface area contributed by atoms with Crippen LogP contribution in [0.25, 0.3) is 5.65 Å². The van der Waals surface area contributed by atoms with Crippen molar-refractivity contribution in [2.24, 2.45) is 0 Å². The molecule has 0 saturated carbocycles. The van der Waals surface area contributed by atoms with Crippen LogP contribution in [0.5, 0.6) is 0 Å². The van der Waals surface area contributed by atoms with E-state index in [4.69, 9.17) is 11.6 Å². The number of fused-ring (bicyclic) bond motifs is 1. The fourth-order valence-electron chi connectivity index (χ4n) is 3.31. The van der Waals surface area contributed by atoms with E-state index in [1.54, 1.807) is 10.8 Å². The maximum Gasteiger partial charge on any atom is 0.177 e. The lowest BCUT2D eigenvalue weighted by molar-refractivity contribution is 0.315. The van der Waals surface area contributed by atoms with Gasteiger partial charge in [0.05, 0.1) is 0 Å². The highest BCUT2D eigenvalue weighted by atomic mass is 35.5. The molecule has 0 spiro atoms. The molecule has 1 fully saturated rings. The minimum atomic E-state index is 0.760. The summed E-state index contributed by atoms with van der Waals surface area (Å²) in [4.78, 5) is 4.62. The molecule has 26 heavy (non-hydrogen) atoms. The minimum absolute atomic E-state index is 0.760. The van der Waals surface area contributed by atoms with Crippen LogP contribution in [0.2, 0.25) is 5.02 Å². The van der Waals surface area contributed by atoms with Crippen LogP contribution in [0.4, 0.5) is 5.82 Å². The van der Waals surface area contributed by atoms with Gasteiger partial charge in [0.25, 0.3) is 0 Å². The standard InChI is InChI=1S/C19H21ClN6/c1-14-3-4-17(20)16(11-14)12-15(2)24-7-9-25(10-8-24)19-6-5-18-22-21-13-26(18)23-19/h3-6,11,13H,2,7-10,12H2,1H3. The van der Waals surface area contributed by atoms with E-state index in [0.717, 1.165) is 60.3 Å². The van der Waals surface area contributed by atoms with Crippen LogP contribution in [-0.4, -0.2) is 50.9 Å². The Kier molecular flexibility index (Phi) is 4.51. The van der Waals surface area contributed by atoms with Gasteiger partial charge in [-0.25, -0.2) is 0 Å². The van der Waals surface area contributed by atoms with Crippen LogP contribution >= 0.6 is 11.6 Å².